The first kappa shape index (κ1) is 16.9. The molecular weight excluding hydrogens is 365 g/mol. The number of hydrogen-bond donors (Lipinski definition) is 0. The molecule has 0 aliphatic heterocycles. The summed E-state index contributed by atoms with van der Waals surface area (Å²) in [5.74, 6) is 0. The fraction of sp³-hybridized carbons (Fsp3) is 0.286. The number of nitrogens with zero attached hydrogens (tertiary/aromatic N) is 1. The Morgan fingerprint density at radius 2 is 1.65 bits per heavy atom. The summed E-state index contributed by atoms with van der Waals surface area (Å²) in [5, 5.41) is 0. The Balaban J connectivity index is 0.000000360. The van der Waals surface area contributed by atoms with Gasteiger partial charge in [-0.15, -0.1) is 9.13 Å². The average Bonchev–Trinajstić information content (AvgIpc) is 2.89. The molecule has 1 atom stereocenters. The van der Waals surface area contributed by atoms with Crippen LogP contribution >= 0.6 is 22.6 Å². The van der Waals surface area contributed by atoms with Gasteiger partial charge in [-0.25, -0.2) is 12.1 Å². The maximum Gasteiger partial charge on any atom is 0 e. The molecule has 0 radical (unpaired) electrons. The fourth-order valence-corrected chi connectivity index (χ4v) is 2.19. The van der Waals surface area contributed by atoms with Gasteiger partial charge in [-0.2, -0.15) is 6.07 Å². The van der Waals surface area contributed by atoms with Crippen LogP contribution in [0, 0.1) is 3.57 Å². The summed E-state index contributed by atoms with van der Waals surface area (Å²) >= 11 is 2.38. The zero-order valence-electron chi connectivity index (χ0n) is 10.4. The Hall–Kier alpha value is -0.0905. The van der Waals surface area contributed by atoms with Crippen LogP contribution in [0.2, 0.25) is 0 Å². The van der Waals surface area contributed by atoms with Gasteiger partial charge < -0.3 is 35.2 Å². The molecule has 0 fully saturated rings. The predicted molar refractivity (Wildman–Crippen MR) is 78.9 cm³/mol. The first-order valence-corrected chi connectivity index (χ1v) is 6.45. The second-order valence-corrected chi connectivity index (χ2v) is 5.09. The summed E-state index contributed by atoms with van der Waals surface area (Å²) in [5.41, 5.74) is 1.43. The molecule has 0 aliphatic rings. The van der Waals surface area contributed by atoms with E-state index in [0.29, 0.717) is 6.04 Å². The van der Waals surface area contributed by atoms with Crippen LogP contribution < -0.4 is 0 Å². The van der Waals surface area contributed by atoms with Crippen LogP contribution in [0.5, 0.6) is 0 Å². The molecule has 0 bridgehead atoms. The molecule has 0 saturated heterocycles. The second kappa shape index (κ2) is 8.92. The van der Waals surface area contributed by atoms with Gasteiger partial charge in [0.2, 0.25) is 0 Å². The minimum atomic E-state index is 0. The van der Waals surface area contributed by atoms with Crippen LogP contribution in [0.15, 0.2) is 48.5 Å². The standard InChI is InChI=1S/C9H13IN.C5H5.Fe/c1-7(11(2)3)8-5-4-6-9(8)10;1-2-4-5-3-1;/h4-7H,1-3H3;1-5H;/q-1;-5;/t7-;;/m1../s1. The topological polar surface area (TPSA) is 3.24 Å². The van der Waals surface area contributed by atoms with Gasteiger partial charge >= 0.3 is 0 Å². The Morgan fingerprint density at radius 1 is 1.18 bits per heavy atom. The van der Waals surface area contributed by atoms with Crippen LogP contribution in [-0.4, -0.2) is 19.0 Å². The van der Waals surface area contributed by atoms with Crippen LogP contribution in [-0.2, 0) is 17.1 Å². The zero-order chi connectivity index (χ0) is 12.0. The number of hydrogen-bond acceptors (Lipinski definition) is 1. The third-order valence-corrected chi connectivity index (χ3v) is 3.56. The Morgan fingerprint density at radius 3 is 1.94 bits per heavy atom. The number of halogens is 1. The van der Waals surface area contributed by atoms with Crippen LogP contribution in [0.1, 0.15) is 18.5 Å². The average molecular weight is 383 g/mol. The zero-order valence-corrected chi connectivity index (χ0v) is 13.6. The smallest absolute Gasteiger partial charge is 0 e. The van der Waals surface area contributed by atoms with E-state index in [1.54, 1.807) is 0 Å². The van der Waals surface area contributed by atoms with Crippen molar-refractivity contribution in [2.75, 3.05) is 14.1 Å². The molecule has 0 aromatic heterocycles. The first-order valence-electron chi connectivity index (χ1n) is 5.37. The SMILES string of the molecule is C[C@H]([c-]1cccc1I)N(C)C.[Fe].[cH-]1[cH-][cH-][cH-][cH-]1. The van der Waals surface area contributed by atoms with Gasteiger partial charge in [0, 0.05) is 17.1 Å². The van der Waals surface area contributed by atoms with Crippen molar-refractivity contribution in [1.82, 2.24) is 4.90 Å². The van der Waals surface area contributed by atoms with Gasteiger partial charge in [-0.05, 0) is 20.1 Å². The molecule has 0 N–H and O–H groups in total. The van der Waals surface area contributed by atoms with Crippen molar-refractivity contribution < 1.29 is 17.1 Å². The van der Waals surface area contributed by atoms with Crippen molar-refractivity contribution >= 4 is 22.6 Å². The van der Waals surface area contributed by atoms with Gasteiger partial charge in [-0.1, -0.05) is 29.5 Å². The maximum atomic E-state index is 2.38. The van der Waals surface area contributed by atoms with E-state index < -0.39 is 0 Å². The predicted octanol–water partition coefficient (Wildman–Crippen LogP) is 4.04. The van der Waals surface area contributed by atoms with Crippen molar-refractivity contribution in [3.63, 3.8) is 0 Å². The molecular formula is C14H18FeIN-6. The van der Waals surface area contributed by atoms with Gasteiger partial charge in [-0.3, -0.25) is 0 Å². The third kappa shape index (κ3) is 5.86. The van der Waals surface area contributed by atoms with E-state index in [1.165, 1.54) is 9.13 Å². The summed E-state index contributed by atoms with van der Waals surface area (Å²) < 4.78 is 1.36. The van der Waals surface area contributed by atoms with Gasteiger partial charge in [0.25, 0.3) is 0 Å². The minimum Gasteiger partial charge on any atom is -0.748 e. The summed E-state index contributed by atoms with van der Waals surface area (Å²) in [6.07, 6.45) is 0. The van der Waals surface area contributed by atoms with E-state index in [-0.39, 0.29) is 17.1 Å². The molecule has 3 heteroatoms. The number of rotatable bonds is 2. The van der Waals surface area contributed by atoms with E-state index in [4.69, 9.17) is 0 Å². The molecule has 0 heterocycles. The molecule has 0 amide bonds. The maximum absolute atomic E-state index is 2.38. The van der Waals surface area contributed by atoms with Gasteiger partial charge in [0.05, 0.1) is 0 Å². The molecule has 0 saturated carbocycles. The van der Waals surface area contributed by atoms with Crippen molar-refractivity contribution in [1.29, 1.82) is 0 Å². The molecule has 2 aromatic rings. The molecule has 100 valence electrons. The molecule has 2 aromatic carbocycles. The van der Waals surface area contributed by atoms with Crippen molar-refractivity contribution in [3.05, 3.63) is 57.7 Å². The molecule has 2 rings (SSSR count). The Kier molecular flexibility index (Phi) is 8.87. The van der Waals surface area contributed by atoms with Crippen molar-refractivity contribution in [3.8, 4) is 0 Å². The molecule has 0 spiro atoms. The Labute approximate surface area is 129 Å². The van der Waals surface area contributed by atoms with Crippen LogP contribution in [0.3, 0.4) is 0 Å². The van der Waals surface area contributed by atoms with Crippen molar-refractivity contribution in [2.45, 2.75) is 13.0 Å². The van der Waals surface area contributed by atoms with E-state index >= 15 is 0 Å². The quantitative estimate of drug-likeness (QED) is 0.430. The first-order chi connectivity index (χ1) is 7.63. The molecule has 17 heavy (non-hydrogen) atoms. The minimum absolute atomic E-state index is 0. The monoisotopic (exact) mass is 383 g/mol. The second-order valence-electron chi connectivity index (χ2n) is 3.93. The normalized spacial score (nSPS) is 11.4. The van der Waals surface area contributed by atoms with E-state index in [0.717, 1.165) is 0 Å². The third-order valence-electron chi connectivity index (χ3n) is 2.57. The summed E-state index contributed by atoms with van der Waals surface area (Å²) in [4.78, 5) is 2.22. The van der Waals surface area contributed by atoms with Crippen LogP contribution in [0.25, 0.3) is 0 Å². The molecule has 0 unspecified atom stereocenters. The Bertz CT molecular complexity index is 361. The van der Waals surface area contributed by atoms with Gasteiger partial charge in [0.1, 0.15) is 0 Å². The molecule has 0 aliphatic carbocycles. The fourth-order valence-electron chi connectivity index (χ4n) is 1.35. The van der Waals surface area contributed by atoms with E-state index in [1.807, 2.05) is 30.3 Å². The van der Waals surface area contributed by atoms with E-state index in [9.17, 15) is 0 Å². The largest absolute Gasteiger partial charge is 0.748 e. The van der Waals surface area contributed by atoms with Crippen LogP contribution in [0.4, 0.5) is 0 Å². The summed E-state index contributed by atoms with van der Waals surface area (Å²) in [7, 11) is 4.21. The van der Waals surface area contributed by atoms with Crippen molar-refractivity contribution in [2.24, 2.45) is 0 Å². The van der Waals surface area contributed by atoms with E-state index in [2.05, 4.69) is 66.7 Å². The molecule has 1 nitrogen and oxygen atoms in total. The summed E-state index contributed by atoms with van der Waals surface area (Å²) in [6, 6.07) is 17.0. The van der Waals surface area contributed by atoms with Gasteiger partial charge in [0.15, 0.2) is 0 Å². The summed E-state index contributed by atoms with van der Waals surface area (Å²) in [6.45, 7) is 2.22.